The van der Waals surface area contributed by atoms with Crippen molar-refractivity contribution in [2.24, 2.45) is 0 Å². The minimum Gasteiger partial charge on any atom is -0.356 e. The van der Waals surface area contributed by atoms with Gasteiger partial charge in [0, 0.05) is 19.3 Å². The predicted molar refractivity (Wildman–Crippen MR) is 79.0 cm³/mol. The SMILES string of the molecule is CCCCN(CCCC)c1ncc(Cl)cc1Br. The van der Waals surface area contributed by atoms with Crippen LogP contribution in [-0.4, -0.2) is 18.1 Å². The second-order valence-corrected chi connectivity index (χ2v) is 5.44. The van der Waals surface area contributed by atoms with E-state index in [9.17, 15) is 0 Å². The van der Waals surface area contributed by atoms with Gasteiger partial charge in [0.1, 0.15) is 5.82 Å². The van der Waals surface area contributed by atoms with Crippen LogP contribution in [-0.2, 0) is 0 Å². The van der Waals surface area contributed by atoms with E-state index in [2.05, 4.69) is 39.7 Å². The van der Waals surface area contributed by atoms with E-state index in [0.717, 1.165) is 23.4 Å². The van der Waals surface area contributed by atoms with Gasteiger partial charge in [0.05, 0.1) is 9.50 Å². The number of halogens is 2. The Morgan fingerprint density at radius 2 is 1.82 bits per heavy atom. The maximum atomic E-state index is 5.92. The predicted octanol–water partition coefficient (Wildman–Crippen LogP) is 4.90. The van der Waals surface area contributed by atoms with Crippen molar-refractivity contribution in [2.45, 2.75) is 39.5 Å². The fourth-order valence-electron chi connectivity index (χ4n) is 1.66. The van der Waals surface area contributed by atoms with Crippen molar-refractivity contribution in [3.8, 4) is 0 Å². The normalized spacial score (nSPS) is 10.6. The third-order valence-electron chi connectivity index (χ3n) is 2.65. The summed E-state index contributed by atoms with van der Waals surface area (Å²) in [4.78, 5) is 6.77. The van der Waals surface area contributed by atoms with Gasteiger partial charge in [-0.05, 0) is 34.8 Å². The second kappa shape index (κ2) is 7.93. The highest BCUT2D eigenvalue weighted by atomic mass is 79.9. The molecule has 0 unspecified atom stereocenters. The zero-order valence-corrected chi connectivity index (χ0v) is 12.9. The van der Waals surface area contributed by atoms with E-state index in [4.69, 9.17) is 11.6 Å². The van der Waals surface area contributed by atoms with Crippen LogP contribution in [0.2, 0.25) is 5.02 Å². The standard InChI is InChI=1S/C13H20BrClN2/c1-3-5-7-17(8-6-4-2)13-12(14)9-11(15)10-16-13/h9-10H,3-8H2,1-2H3. The van der Waals surface area contributed by atoms with E-state index in [-0.39, 0.29) is 0 Å². The molecule has 2 nitrogen and oxygen atoms in total. The Labute approximate surface area is 118 Å². The minimum absolute atomic E-state index is 0.673. The van der Waals surface area contributed by atoms with Crippen molar-refractivity contribution in [1.29, 1.82) is 0 Å². The Bertz CT molecular complexity index is 336. The molecule has 0 N–H and O–H groups in total. The summed E-state index contributed by atoms with van der Waals surface area (Å²) in [7, 11) is 0. The highest BCUT2D eigenvalue weighted by Crippen LogP contribution is 2.27. The summed E-state index contributed by atoms with van der Waals surface area (Å²) in [6.45, 7) is 6.54. The molecule has 0 aliphatic carbocycles. The monoisotopic (exact) mass is 318 g/mol. The zero-order valence-electron chi connectivity index (χ0n) is 10.5. The van der Waals surface area contributed by atoms with Crippen LogP contribution in [0.1, 0.15) is 39.5 Å². The van der Waals surface area contributed by atoms with E-state index < -0.39 is 0 Å². The molecule has 1 heterocycles. The van der Waals surface area contributed by atoms with Crippen LogP contribution in [0.25, 0.3) is 0 Å². The van der Waals surface area contributed by atoms with Gasteiger partial charge in [-0.25, -0.2) is 4.98 Å². The first-order chi connectivity index (χ1) is 8.19. The van der Waals surface area contributed by atoms with E-state index in [1.807, 2.05) is 6.07 Å². The van der Waals surface area contributed by atoms with Gasteiger partial charge in [0.15, 0.2) is 0 Å². The quantitative estimate of drug-likeness (QED) is 0.710. The summed E-state index contributed by atoms with van der Waals surface area (Å²) in [5.41, 5.74) is 0. The van der Waals surface area contributed by atoms with Gasteiger partial charge in [-0.1, -0.05) is 38.3 Å². The Morgan fingerprint density at radius 1 is 1.24 bits per heavy atom. The lowest BCUT2D eigenvalue weighted by molar-refractivity contribution is 0.670. The number of hydrogen-bond acceptors (Lipinski definition) is 2. The van der Waals surface area contributed by atoms with E-state index in [1.54, 1.807) is 6.20 Å². The Hall–Kier alpha value is -0.280. The van der Waals surface area contributed by atoms with Crippen molar-refractivity contribution in [3.05, 3.63) is 21.8 Å². The lowest BCUT2D eigenvalue weighted by Crippen LogP contribution is -2.26. The van der Waals surface area contributed by atoms with Crippen LogP contribution in [0.15, 0.2) is 16.7 Å². The molecular weight excluding hydrogens is 300 g/mol. The molecule has 1 rings (SSSR count). The maximum Gasteiger partial charge on any atom is 0.142 e. The molecule has 96 valence electrons. The molecular formula is C13H20BrClN2. The Morgan fingerprint density at radius 3 is 2.29 bits per heavy atom. The third-order valence-corrected chi connectivity index (χ3v) is 3.44. The van der Waals surface area contributed by atoms with Crippen LogP contribution in [0.3, 0.4) is 0 Å². The molecule has 0 fully saturated rings. The molecule has 0 radical (unpaired) electrons. The van der Waals surface area contributed by atoms with Crippen molar-refractivity contribution < 1.29 is 0 Å². The molecule has 0 bridgehead atoms. The van der Waals surface area contributed by atoms with Crippen molar-refractivity contribution in [3.63, 3.8) is 0 Å². The molecule has 0 saturated carbocycles. The number of hydrogen-bond donors (Lipinski definition) is 0. The fraction of sp³-hybridized carbons (Fsp3) is 0.615. The summed E-state index contributed by atoms with van der Waals surface area (Å²) in [6.07, 6.45) is 6.51. The number of rotatable bonds is 7. The lowest BCUT2D eigenvalue weighted by Gasteiger charge is -2.24. The third kappa shape index (κ3) is 4.84. The molecule has 0 aliphatic heterocycles. The van der Waals surface area contributed by atoms with Gasteiger partial charge in [-0.3, -0.25) is 0 Å². The van der Waals surface area contributed by atoms with Crippen molar-refractivity contribution in [1.82, 2.24) is 4.98 Å². The number of unbranched alkanes of at least 4 members (excludes halogenated alkanes) is 2. The molecule has 0 amide bonds. The van der Waals surface area contributed by atoms with Gasteiger partial charge < -0.3 is 4.90 Å². The smallest absolute Gasteiger partial charge is 0.142 e. The maximum absolute atomic E-state index is 5.92. The first-order valence-corrected chi connectivity index (χ1v) is 7.42. The van der Waals surface area contributed by atoms with Crippen molar-refractivity contribution >= 4 is 33.3 Å². The van der Waals surface area contributed by atoms with Crippen LogP contribution in [0, 0.1) is 0 Å². The van der Waals surface area contributed by atoms with Crippen LogP contribution in [0.4, 0.5) is 5.82 Å². The minimum atomic E-state index is 0.673. The number of anilines is 1. The summed E-state index contributed by atoms with van der Waals surface area (Å²) in [6, 6.07) is 1.91. The molecule has 1 aromatic rings. The summed E-state index contributed by atoms with van der Waals surface area (Å²) in [5, 5.41) is 0.673. The summed E-state index contributed by atoms with van der Waals surface area (Å²) >= 11 is 9.46. The van der Waals surface area contributed by atoms with Crippen LogP contribution < -0.4 is 4.90 Å². The van der Waals surface area contributed by atoms with Crippen LogP contribution in [0.5, 0.6) is 0 Å². The topological polar surface area (TPSA) is 16.1 Å². The second-order valence-electron chi connectivity index (χ2n) is 4.15. The average molecular weight is 320 g/mol. The zero-order chi connectivity index (χ0) is 12.7. The average Bonchev–Trinajstić information content (AvgIpc) is 2.30. The van der Waals surface area contributed by atoms with Gasteiger partial charge in [0.2, 0.25) is 0 Å². The summed E-state index contributed by atoms with van der Waals surface area (Å²) in [5.74, 6) is 1.01. The molecule has 0 atom stereocenters. The van der Waals surface area contributed by atoms with Gasteiger partial charge in [0.25, 0.3) is 0 Å². The molecule has 17 heavy (non-hydrogen) atoms. The summed E-state index contributed by atoms with van der Waals surface area (Å²) < 4.78 is 0.984. The van der Waals surface area contributed by atoms with Gasteiger partial charge in [-0.15, -0.1) is 0 Å². The van der Waals surface area contributed by atoms with E-state index in [0.29, 0.717) is 5.02 Å². The highest BCUT2D eigenvalue weighted by molar-refractivity contribution is 9.10. The first kappa shape index (κ1) is 14.8. The van der Waals surface area contributed by atoms with E-state index >= 15 is 0 Å². The van der Waals surface area contributed by atoms with E-state index in [1.165, 1.54) is 25.7 Å². The van der Waals surface area contributed by atoms with Gasteiger partial charge >= 0.3 is 0 Å². The first-order valence-electron chi connectivity index (χ1n) is 6.25. The molecule has 0 saturated heterocycles. The fourth-order valence-corrected chi connectivity index (χ4v) is 2.55. The molecule has 1 aromatic heterocycles. The molecule has 0 aromatic carbocycles. The molecule has 0 aliphatic rings. The number of nitrogens with zero attached hydrogens (tertiary/aromatic N) is 2. The molecule has 0 spiro atoms. The molecule has 4 heteroatoms. The Kier molecular flexibility index (Phi) is 6.90. The van der Waals surface area contributed by atoms with Crippen LogP contribution >= 0.6 is 27.5 Å². The number of aromatic nitrogens is 1. The Balaban J connectivity index is 2.79. The highest BCUT2D eigenvalue weighted by Gasteiger charge is 2.11. The lowest BCUT2D eigenvalue weighted by atomic mass is 10.2. The largest absolute Gasteiger partial charge is 0.356 e. The van der Waals surface area contributed by atoms with Crippen molar-refractivity contribution in [2.75, 3.05) is 18.0 Å². The van der Waals surface area contributed by atoms with Gasteiger partial charge in [-0.2, -0.15) is 0 Å². The number of pyridine rings is 1.